The molecule has 5 rings (SSSR count). The third-order valence-corrected chi connectivity index (χ3v) is 8.96. The molecule has 1 saturated heterocycles. The predicted octanol–water partition coefficient (Wildman–Crippen LogP) is 4.75. The number of halogens is 3. The molecule has 0 bridgehead atoms. The lowest BCUT2D eigenvalue weighted by Crippen LogP contribution is -2.35. The summed E-state index contributed by atoms with van der Waals surface area (Å²) in [5.74, 6) is -0.360. The van der Waals surface area contributed by atoms with E-state index in [0.717, 1.165) is 69.5 Å². The van der Waals surface area contributed by atoms with E-state index in [4.69, 9.17) is 4.74 Å². The monoisotopic (exact) mass is 587 g/mol. The first-order valence-corrected chi connectivity index (χ1v) is 15.0. The van der Waals surface area contributed by atoms with Gasteiger partial charge in [0.1, 0.15) is 0 Å². The van der Waals surface area contributed by atoms with E-state index >= 15 is 0 Å². The number of amides is 1. The number of hydrogen-bond donors (Lipinski definition) is 2. The molecule has 2 aliphatic rings. The smallest absolute Gasteiger partial charge is 0.379 e. The molecule has 1 fully saturated rings. The Balaban J connectivity index is 1.28. The molecular formula is C30H32F3N3O4S. The Kier molecular flexibility index (Phi) is 8.79. The Hall–Kier alpha value is -3.25. The van der Waals surface area contributed by atoms with Crippen molar-refractivity contribution in [3.63, 3.8) is 0 Å². The van der Waals surface area contributed by atoms with E-state index in [0.29, 0.717) is 11.6 Å². The van der Waals surface area contributed by atoms with Crippen molar-refractivity contribution in [1.29, 1.82) is 0 Å². The maximum atomic E-state index is 13.2. The van der Waals surface area contributed by atoms with Gasteiger partial charge < -0.3 is 10.1 Å². The SMILES string of the molecule is O=C(CC(NS(=O)(=O)c1cccc(C(F)(F)F)c1)c1ccccc1)N[C@@H]1CCc2cc(CN3CCOCC3)ccc21. The Morgan fingerprint density at radius 2 is 1.76 bits per heavy atom. The van der Waals surface area contributed by atoms with Crippen LogP contribution in [0.1, 0.15) is 52.7 Å². The van der Waals surface area contributed by atoms with Gasteiger partial charge in [0.05, 0.1) is 35.8 Å². The molecule has 2 N–H and O–H groups in total. The summed E-state index contributed by atoms with van der Waals surface area (Å²) in [6.07, 6.45) is -3.36. The predicted molar refractivity (Wildman–Crippen MR) is 147 cm³/mol. The molecule has 1 aliphatic heterocycles. The standard InChI is InChI=1S/C30H32F3N3O4S/c31-30(32,33)24-7-4-8-25(18-24)41(38,39)35-28(22-5-2-1-3-6-22)19-29(37)34-27-12-10-23-17-21(9-11-26(23)27)20-36-13-15-40-16-14-36/h1-9,11,17-18,27-28,35H,10,12-16,19-20H2,(H,34,37)/t27-,28?/m1/s1. The van der Waals surface area contributed by atoms with Crippen LogP contribution in [0.4, 0.5) is 13.2 Å². The van der Waals surface area contributed by atoms with Crippen LogP contribution < -0.4 is 10.0 Å². The van der Waals surface area contributed by atoms with Crippen molar-refractivity contribution >= 4 is 15.9 Å². The molecule has 1 amide bonds. The summed E-state index contributed by atoms with van der Waals surface area (Å²) >= 11 is 0. The van der Waals surface area contributed by atoms with E-state index in [1.807, 2.05) is 6.07 Å². The Labute approximate surface area is 237 Å². The molecular weight excluding hydrogens is 555 g/mol. The Bertz CT molecular complexity index is 1480. The maximum absolute atomic E-state index is 13.2. The molecule has 11 heteroatoms. The zero-order valence-electron chi connectivity index (χ0n) is 22.4. The van der Waals surface area contributed by atoms with Crippen molar-refractivity contribution in [3.8, 4) is 0 Å². The van der Waals surface area contributed by atoms with Gasteiger partial charge in [-0.05, 0) is 53.3 Å². The number of fused-ring (bicyclic) bond motifs is 1. The van der Waals surface area contributed by atoms with Crippen LogP contribution in [0.15, 0.2) is 77.7 Å². The maximum Gasteiger partial charge on any atom is 0.416 e. The fourth-order valence-electron chi connectivity index (χ4n) is 5.38. The molecule has 0 saturated carbocycles. The lowest BCUT2D eigenvalue weighted by atomic mass is 10.0. The first-order valence-electron chi connectivity index (χ1n) is 13.5. The fourth-order valence-corrected chi connectivity index (χ4v) is 6.65. The van der Waals surface area contributed by atoms with Crippen molar-refractivity contribution in [1.82, 2.24) is 14.9 Å². The second-order valence-electron chi connectivity index (χ2n) is 10.4. The molecule has 2 atom stereocenters. The summed E-state index contributed by atoms with van der Waals surface area (Å²) in [6, 6.07) is 17.2. The number of nitrogens with zero attached hydrogens (tertiary/aromatic N) is 1. The molecule has 3 aromatic carbocycles. The van der Waals surface area contributed by atoms with Gasteiger partial charge >= 0.3 is 6.18 Å². The second-order valence-corrected chi connectivity index (χ2v) is 12.1. The molecule has 1 aliphatic carbocycles. The van der Waals surface area contributed by atoms with E-state index in [1.54, 1.807) is 30.3 Å². The van der Waals surface area contributed by atoms with Crippen LogP contribution in [-0.2, 0) is 38.7 Å². The quantitative estimate of drug-likeness (QED) is 0.377. The Morgan fingerprint density at radius 3 is 2.49 bits per heavy atom. The molecule has 3 aromatic rings. The number of alkyl halides is 3. The number of sulfonamides is 1. The molecule has 218 valence electrons. The van der Waals surface area contributed by atoms with Crippen LogP contribution in [0.5, 0.6) is 0 Å². The van der Waals surface area contributed by atoms with Crippen molar-refractivity contribution < 1.29 is 31.1 Å². The van der Waals surface area contributed by atoms with Gasteiger partial charge in [0.2, 0.25) is 15.9 Å². The summed E-state index contributed by atoms with van der Waals surface area (Å²) in [6.45, 7) is 4.11. The van der Waals surface area contributed by atoms with Crippen molar-refractivity contribution in [2.24, 2.45) is 0 Å². The molecule has 1 heterocycles. The minimum atomic E-state index is -4.69. The van der Waals surface area contributed by atoms with Crippen LogP contribution in [0.3, 0.4) is 0 Å². The van der Waals surface area contributed by atoms with Gasteiger partial charge in [0.15, 0.2) is 0 Å². The number of aryl methyl sites for hydroxylation is 1. The number of hydrogen-bond acceptors (Lipinski definition) is 5. The number of carbonyl (C=O) groups excluding carboxylic acids is 1. The fraction of sp³-hybridized carbons (Fsp3) is 0.367. The minimum Gasteiger partial charge on any atom is -0.379 e. The normalized spacial score (nSPS) is 18.6. The van der Waals surface area contributed by atoms with Crippen LogP contribution in [0.25, 0.3) is 0 Å². The number of morpholine rings is 1. The third kappa shape index (κ3) is 7.34. The van der Waals surface area contributed by atoms with Gasteiger partial charge in [-0.1, -0.05) is 54.6 Å². The van der Waals surface area contributed by atoms with Crippen LogP contribution in [0, 0.1) is 0 Å². The van der Waals surface area contributed by atoms with Gasteiger partial charge in [-0.2, -0.15) is 13.2 Å². The Morgan fingerprint density at radius 1 is 1.00 bits per heavy atom. The first kappa shape index (κ1) is 29.2. The molecule has 7 nitrogen and oxygen atoms in total. The number of carbonyl (C=O) groups is 1. The highest BCUT2D eigenvalue weighted by atomic mass is 32.2. The van der Waals surface area contributed by atoms with Gasteiger partial charge in [0.25, 0.3) is 0 Å². The van der Waals surface area contributed by atoms with E-state index in [-0.39, 0.29) is 18.4 Å². The van der Waals surface area contributed by atoms with E-state index < -0.39 is 32.7 Å². The van der Waals surface area contributed by atoms with Gasteiger partial charge in [-0.25, -0.2) is 13.1 Å². The summed E-state index contributed by atoms with van der Waals surface area (Å²) in [7, 11) is -4.37. The largest absolute Gasteiger partial charge is 0.416 e. The highest BCUT2D eigenvalue weighted by Gasteiger charge is 2.33. The van der Waals surface area contributed by atoms with E-state index in [1.165, 1.54) is 11.1 Å². The van der Waals surface area contributed by atoms with Crippen LogP contribution in [0.2, 0.25) is 0 Å². The van der Waals surface area contributed by atoms with Crippen LogP contribution in [-0.4, -0.2) is 45.5 Å². The highest BCUT2D eigenvalue weighted by Crippen LogP contribution is 2.33. The minimum absolute atomic E-state index is 0.202. The summed E-state index contributed by atoms with van der Waals surface area (Å²) in [4.78, 5) is 15.0. The third-order valence-electron chi connectivity index (χ3n) is 7.49. The van der Waals surface area contributed by atoms with Crippen LogP contribution >= 0.6 is 0 Å². The zero-order chi connectivity index (χ0) is 29.0. The van der Waals surface area contributed by atoms with Gasteiger partial charge in [-0.3, -0.25) is 9.69 Å². The first-order chi connectivity index (χ1) is 19.6. The number of ether oxygens (including phenoxy) is 1. The molecule has 1 unspecified atom stereocenters. The number of rotatable bonds is 9. The average molecular weight is 588 g/mol. The highest BCUT2D eigenvalue weighted by molar-refractivity contribution is 7.89. The molecule has 41 heavy (non-hydrogen) atoms. The zero-order valence-corrected chi connectivity index (χ0v) is 23.2. The topological polar surface area (TPSA) is 87.7 Å². The summed E-state index contributed by atoms with van der Waals surface area (Å²) < 4.78 is 73.8. The van der Waals surface area contributed by atoms with Crippen molar-refractivity contribution in [2.45, 2.75) is 49.0 Å². The van der Waals surface area contributed by atoms with Crippen molar-refractivity contribution in [3.05, 3.63) is 101 Å². The number of nitrogens with one attached hydrogen (secondary N) is 2. The molecule has 0 spiro atoms. The van der Waals surface area contributed by atoms with E-state index in [2.05, 4.69) is 27.1 Å². The molecule has 0 radical (unpaired) electrons. The van der Waals surface area contributed by atoms with Crippen molar-refractivity contribution in [2.75, 3.05) is 26.3 Å². The summed E-state index contributed by atoms with van der Waals surface area (Å²) in [5.41, 5.74) is 2.90. The number of benzene rings is 3. The summed E-state index contributed by atoms with van der Waals surface area (Å²) in [5, 5.41) is 3.04. The van der Waals surface area contributed by atoms with Gasteiger partial charge in [0, 0.05) is 26.1 Å². The lowest BCUT2D eigenvalue weighted by Gasteiger charge is -2.26. The lowest BCUT2D eigenvalue weighted by molar-refractivity contribution is -0.137. The average Bonchev–Trinajstić information content (AvgIpc) is 3.35. The second kappa shape index (κ2) is 12.3. The van der Waals surface area contributed by atoms with E-state index in [9.17, 15) is 26.4 Å². The van der Waals surface area contributed by atoms with Gasteiger partial charge in [-0.15, -0.1) is 0 Å². The molecule has 0 aromatic heterocycles.